The van der Waals surface area contributed by atoms with Crippen molar-refractivity contribution in [3.05, 3.63) is 53.9 Å². The van der Waals surface area contributed by atoms with Crippen LogP contribution in [0, 0.1) is 6.92 Å². The van der Waals surface area contributed by atoms with E-state index in [4.69, 9.17) is 0 Å². The summed E-state index contributed by atoms with van der Waals surface area (Å²) in [5, 5.41) is 4.11. The second kappa shape index (κ2) is 5.57. The number of aryl methyl sites for hydroxylation is 1. The van der Waals surface area contributed by atoms with Gasteiger partial charge in [0.1, 0.15) is 4.90 Å². The Labute approximate surface area is 142 Å². The van der Waals surface area contributed by atoms with Gasteiger partial charge >= 0.3 is 0 Å². The third kappa shape index (κ3) is 2.32. The third-order valence-corrected chi connectivity index (χ3v) is 7.30. The summed E-state index contributed by atoms with van der Waals surface area (Å²) in [4.78, 5) is 0.332. The van der Waals surface area contributed by atoms with Crippen molar-refractivity contribution in [1.82, 2.24) is 14.1 Å². The van der Waals surface area contributed by atoms with Crippen molar-refractivity contribution in [3.63, 3.8) is 0 Å². The highest BCUT2D eigenvalue weighted by Crippen LogP contribution is 2.41. The Morgan fingerprint density at radius 1 is 1.17 bits per heavy atom. The van der Waals surface area contributed by atoms with Gasteiger partial charge in [0, 0.05) is 19.1 Å². The van der Waals surface area contributed by atoms with E-state index in [9.17, 15) is 8.42 Å². The summed E-state index contributed by atoms with van der Waals surface area (Å²) in [5.41, 5.74) is 3.15. The first-order valence-corrected chi connectivity index (χ1v) is 9.71. The molecule has 0 aliphatic carbocycles. The Balaban J connectivity index is 1.72. The molecule has 2 bridgehead atoms. The second-order valence-corrected chi connectivity index (χ2v) is 8.42. The minimum absolute atomic E-state index is 0.0415. The van der Waals surface area contributed by atoms with Crippen molar-refractivity contribution in [2.45, 2.75) is 43.2 Å². The maximum absolute atomic E-state index is 13.2. The number of aromatic nitrogens is 2. The zero-order valence-electron chi connectivity index (χ0n) is 13.9. The molecule has 6 heteroatoms. The molecule has 0 unspecified atom stereocenters. The van der Waals surface area contributed by atoms with Gasteiger partial charge in [0.2, 0.25) is 10.0 Å². The lowest BCUT2D eigenvalue weighted by Crippen LogP contribution is -2.42. The monoisotopic (exact) mass is 343 g/mol. The first kappa shape index (κ1) is 15.6. The fourth-order valence-electron chi connectivity index (χ4n) is 3.88. The van der Waals surface area contributed by atoms with Gasteiger partial charge < -0.3 is 0 Å². The summed E-state index contributed by atoms with van der Waals surface area (Å²) in [7, 11) is -1.74. The van der Waals surface area contributed by atoms with E-state index in [-0.39, 0.29) is 12.1 Å². The lowest BCUT2D eigenvalue weighted by atomic mass is 9.96. The van der Waals surface area contributed by atoms with Gasteiger partial charge in [0.05, 0.1) is 11.9 Å². The van der Waals surface area contributed by atoms with Gasteiger partial charge in [-0.05, 0) is 37.3 Å². The standard InChI is InChI=1S/C18H21N3O2S/c1-13-18(12-19-20(13)2)24(22,23)21-16-8-9-17(21)11-15(10-16)14-6-4-3-5-7-14/h3-7,10,12,16-17H,8-9,11H2,1-2H3/t16-,17-/m1/s1. The van der Waals surface area contributed by atoms with Gasteiger partial charge in [0.15, 0.2) is 0 Å². The molecule has 0 saturated carbocycles. The molecule has 0 N–H and O–H groups in total. The second-order valence-electron chi connectivity index (χ2n) is 6.61. The molecule has 0 radical (unpaired) electrons. The van der Waals surface area contributed by atoms with Gasteiger partial charge in [-0.15, -0.1) is 0 Å². The highest BCUT2D eigenvalue weighted by Gasteiger charge is 2.45. The largest absolute Gasteiger partial charge is 0.272 e. The van der Waals surface area contributed by atoms with Crippen LogP contribution in [0.3, 0.4) is 0 Å². The van der Waals surface area contributed by atoms with E-state index in [1.165, 1.54) is 17.3 Å². The maximum atomic E-state index is 13.2. The summed E-state index contributed by atoms with van der Waals surface area (Å²) in [6.07, 6.45) is 6.19. The van der Waals surface area contributed by atoms with Crippen LogP contribution < -0.4 is 0 Å². The summed E-state index contributed by atoms with van der Waals surface area (Å²) in [6.45, 7) is 1.80. The Bertz CT molecular complexity index is 900. The van der Waals surface area contributed by atoms with Crippen molar-refractivity contribution in [3.8, 4) is 0 Å². The zero-order chi connectivity index (χ0) is 16.9. The molecule has 2 aromatic rings. The number of nitrogens with zero attached hydrogens (tertiary/aromatic N) is 3. The maximum Gasteiger partial charge on any atom is 0.247 e. The van der Waals surface area contributed by atoms with Gasteiger partial charge in [-0.1, -0.05) is 36.4 Å². The zero-order valence-corrected chi connectivity index (χ0v) is 14.7. The summed E-state index contributed by atoms with van der Waals surface area (Å²) >= 11 is 0. The van der Waals surface area contributed by atoms with Crippen LogP contribution in [0.1, 0.15) is 30.5 Å². The fourth-order valence-corrected chi connectivity index (χ4v) is 5.89. The Hall–Kier alpha value is -1.92. The molecule has 1 fully saturated rings. The molecule has 24 heavy (non-hydrogen) atoms. The molecule has 2 aliphatic rings. The molecule has 5 nitrogen and oxygen atoms in total. The highest BCUT2D eigenvalue weighted by molar-refractivity contribution is 7.89. The lowest BCUT2D eigenvalue weighted by Gasteiger charge is -2.33. The Morgan fingerprint density at radius 3 is 2.54 bits per heavy atom. The fraction of sp³-hybridized carbons (Fsp3) is 0.389. The predicted octanol–water partition coefficient (Wildman–Crippen LogP) is 2.74. The van der Waals surface area contributed by atoms with Crippen LogP contribution in [0.25, 0.3) is 5.57 Å². The number of sulfonamides is 1. The van der Waals surface area contributed by atoms with Crippen LogP contribution in [-0.2, 0) is 17.1 Å². The molecule has 3 heterocycles. The van der Waals surface area contributed by atoms with Crippen molar-refractivity contribution in [2.75, 3.05) is 0 Å². The van der Waals surface area contributed by atoms with Crippen molar-refractivity contribution >= 4 is 15.6 Å². The number of hydrogen-bond donors (Lipinski definition) is 0. The van der Waals surface area contributed by atoms with Crippen LogP contribution in [0.2, 0.25) is 0 Å². The number of benzene rings is 1. The topological polar surface area (TPSA) is 55.2 Å². The van der Waals surface area contributed by atoms with Gasteiger partial charge in [0.25, 0.3) is 0 Å². The Morgan fingerprint density at radius 2 is 1.92 bits per heavy atom. The molecule has 1 aromatic heterocycles. The van der Waals surface area contributed by atoms with Gasteiger partial charge in [-0.2, -0.15) is 9.40 Å². The predicted molar refractivity (Wildman–Crippen MR) is 92.8 cm³/mol. The minimum Gasteiger partial charge on any atom is -0.272 e. The van der Waals surface area contributed by atoms with Crippen LogP contribution in [0.5, 0.6) is 0 Å². The average molecular weight is 343 g/mol. The molecule has 1 aromatic carbocycles. The van der Waals surface area contributed by atoms with Crippen LogP contribution in [0.15, 0.2) is 47.5 Å². The van der Waals surface area contributed by atoms with E-state index in [2.05, 4.69) is 23.3 Å². The van der Waals surface area contributed by atoms with Crippen molar-refractivity contribution < 1.29 is 8.42 Å². The minimum atomic E-state index is -3.51. The normalized spacial score (nSPS) is 24.2. The molecule has 0 spiro atoms. The average Bonchev–Trinajstić information content (AvgIpc) is 3.06. The van der Waals surface area contributed by atoms with E-state index in [0.717, 1.165) is 19.3 Å². The first-order chi connectivity index (χ1) is 11.5. The molecular formula is C18H21N3O2S. The Kier molecular flexibility index (Phi) is 3.62. The molecule has 4 rings (SSSR count). The van der Waals surface area contributed by atoms with E-state index < -0.39 is 10.0 Å². The summed E-state index contributed by atoms with van der Waals surface area (Å²) in [6, 6.07) is 10.2. The summed E-state index contributed by atoms with van der Waals surface area (Å²) in [5.74, 6) is 0. The quantitative estimate of drug-likeness (QED) is 0.861. The van der Waals surface area contributed by atoms with E-state index in [1.54, 1.807) is 23.0 Å². The van der Waals surface area contributed by atoms with Crippen LogP contribution in [0.4, 0.5) is 0 Å². The molecule has 2 atom stereocenters. The highest BCUT2D eigenvalue weighted by atomic mass is 32.2. The molecular weight excluding hydrogens is 322 g/mol. The SMILES string of the molecule is Cc1c(S(=O)(=O)N2[C@@H]3CC[C@@H]2C=C(c2ccccc2)C3)cnn1C. The van der Waals surface area contributed by atoms with Crippen LogP contribution >= 0.6 is 0 Å². The number of fused-ring (bicyclic) bond motifs is 2. The van der Waals surface area contributed by atoms with Crippen molar-refractivity contribution in [1.29, 1.82) is 0 Å². The third-order valence-electron chi connectivity index (χ3n) is 5.22. The van der Waals surface area contributed by atoms with E-state index in [1.807, 2.05) is 18.2 Å². The lowest BCUT2D eigenvalue weighted by molar-refractivity contribution is 0.345. The summed E-state index contributed by atoms with van der Waals surface area (Å²) < 4.78 is 29.7. The molecule has 0 amide bonds. The van der Waals surface area contributed by atoms with Gasteiger partial charge in [-0.25, -0.2) is 8.42 Å². The van der Waals surface area contributed by atoms with E-state index in [0.29, 0.717) is 10.6 Å². The smallest absolute Gasteiger partial charge is 0.247 e. The molecule has 126 valence electrons. The van der Waals surface area contributed by atoms with E-state index >= 15 is 0 Å². The molecule has 2 aliphatic heterocycles. The van der Waals surface area contributed by atoms with Crippen molar-refractivity contribution in [2.24, 2.45) is 7.05 Å². The first-order valence-electron chi connectivity index (χ1n) is 8.27. The van der Waals surface area contributed by atoms with Crippen LogP contribution in [-0.4, -0.2) is 34.6 Å². The number of rotatable bonds is 3. The number of hydrogen-bond acceptors (Lipinski definition) is 3. The van der Waals surface area contributed by atoms with Gasteiger partial charge in [-0.3, -0.25) is 4.68 Å². The molecule has 1 saturated heterocycles.